The molecule has 0 radical (unpaired) electrons. The fraction of sp³-hybridized carbons (Fsp3) is 0.368. The minimum Gasteiger partial charge on any atom is -0.383 e. The highest BCUT2D eigenvalue weighted by atomic mass is 16.5. The summed E-state index contributed by atoms with van der Waals surface area (Å²) in [5.74, 6) is 0. The zero-order valence-electron chi connectivity index (χ0n) is 12.6. The van der Waals surface area contributed by atoms with Crippen LogP contribution in [0.25, 0.3) is 0 Å². The van der Waals surface area contributed by atoms with Crippen LogP contribution in [0, 0.1) is 0 Å². The van der Waals surface area contributed by atoms with Crippen LogP contribution in [0.5, 0.6) is 0 Å². The van der Waals surface area contributed by atoms with Crippen LogP contribution in [0.2, 0.25) is 0 Å². The molecule has 2 atom stereocenters. The first kappa shape index (κ1) is 13.9. The molecule has 2 aliphatic rings. The second-order valence-electron chi connectivity index (χ2n) is 6.23. The highest BCUT2D eigenvalue weighted by Gasteiger charge is 2.71. The Labute approximate surface area is 131 Å². The van der Waals surface area contributed by atoms with Gasteiger partial charge in [0.25, 0.3) is 0 Å². The third-order valence-electron chi connectivity index (χ3n) is 5.12. The molecule has 0 aromatic heterocycles. The Morgan fingerprint density at radius 1 is 0.818 bits per heavy atom. The average molecular weight is 295 g/mol. The van der Waals surface area contributed by atoms with Crippen molar-refractivity contribution in [3.8, 4) is 0 Å². The highest BCUT2D eigenvalue weighted by Crippen LogP contribution is 2.65. The number of rotatable bonds is 3. The molecule has 2 aromatic rings. The summed E-state index contributed by atoms with van der Waals surface area (Å²) in [6, 6.07) is 20.5. The summed E-state index contributed by atoms with van der Waals surface area (Å²) in [7, 11) is 0. The fourth-order valence-electron chi connectivity index (χ4n) is 3.94. The third-order valence-corrected chi connectivity index (χ3v) is 5.12. The number of benzene rings is 2. The second-order valence-corrected chi connectivity index (χ2v) is 6.23. The predicted molar refractivity (Wildman–Crippen MR) is 85.5 cm³/mol. The van der Waals surface area contributed by atoms with Crippen molar-refractivity contribution in [1.82, 2.24) is 4.90 Å². The van der Waals surface area contributed by atoms with E-state index < -0.39 is 5.60 Å². The Morgan fingerprint density at radius 2 is 1.36 bits per heavy atom. The van der Waals surface area contributed by atoms with E-state index in [1.165, 1.54) is 5.56 Å². The van der Waals surface area contributed by atoms with Gasteiger partial charge in [-0.3, -0.25) is 4.90 Å². The van der Waals surface area contributed by atoms with Gasteiger partial charge in [-0.1, -0.05) is 60.7 Å². The number of hydrogen-bond donors (Lipinski definition) is 1. The molecule has 3 heteroatoms. The number of hydrogen-bond acceptors (Lipinski definition) is 3. The van der Waals surface area contributed by atoms with Crippen molar-refractivity contribution in [2.45, 2.75) is 17.6 Å². The smallest absolute Gasteiger partial charge is 0.114 e. The van der Waals surface area contributed by atoms with Crippen LogP contribution in [0.15, 0.2) is 60.7 Å². The molecule has 3 nitrogen and oxygen atoms in total. The second kappa shape index (κ2) is 5.20. The molecule has 2 fully saturated rings. The van der Waals surface area contributed by atoms with E-state index in [2.05, 4.69) is 29.2 Å². The minimum absolute atomic E-state index is 0.320. The lowest BCUT2D eigenvalue weighted by Gasteiger charge is -2.38. The largest absolute Gasteiger partial charge is 0.383 e. The van der Waals surface area contributed by atoms with Crippen molar-refractivity contribution in [3.05, 3.63) is 71.8 Å². The standard InChI is InChI=1S/C19H21NO2/c21-19(17-9-5-2-6-10-17)15-18(19,16-7-3-1-4-8-16)20-11-13-22-14-12-20/h1-10,21H,11-15H2/t18-,19-/m1/s1. The Balaban J connectivity index is 1.79. The molecule has 1 saturated carbocycles. The van der Waals surface area contributed by atoms with Gasteiger partial charge in [-0.25, -0.2) is 0 Å². The van der Waals surface area contributed by atoms with E-state index in [0.717, 1.165) is 38.3 Å². The fourth-order valence-corrected chi connectivity index (χ4v) is 3.94. The molecule has 114 valence electrons. The maximum atomic E-state index is 11.4. The van der Waals surface area contributed by atoms with Gasteiger partial charge in [-0.2, -0.15) is 0 Å². The van der Waals surface area contributed by atoms with E-state index >= 15 is 0 Å². The summed E-state index contributed by atoms with van der Waals surface area (Å²) < 4.78 is 5.51. The summed E-state index contributed by atoms with van der Waals surface area (Å²) in [4.78, 5) is 2.40. The molecule has 1 saturated heterocycles. The Bertz CT molecular complexity index is 639. The highest BCUT2D eigenvalue weighted by molar-refractivity contribution is 5.45. The van der Waals surface area contributed by atoms with Crippen LogP contribution < -0.4 is 0 Å². The van der Waals surface area contributed by atoms with E-state index in [1.807, 2.05) is 36.4 Å². The van der Waals surface area contributed by atoms with Gasteiger partial charge in [-0.05, 0) is 11.1 Å². The molecule has 0 amide bonds. The Morgan fingerprint density at radius 3 is 1.95 bits per heavy atom. The van der Waals surface area contributed by atoms with Gasteiger partial charge in [0.15, 0.2) is 0 Å². The maximum Gasteiger partial charge on any atom is 0.114 e. The zero-order valence-corrected chi connectivity index (χ0v) is 12.6. The molecular weight excluding hydrogens is 274 g/mol. The molecule has 1 N–H and O–H groups in total. The molecule has 4 rings (SSSR count). The van der Waals surface area contributed by atoms with Crippen molar-refractivity contribution in [2.75, 3.05) is 26.3 Å². The zero-order chi connectivity index (χ0) is 15.0. The molecule has 22 heavy (non-hydrogen) atoms. The first-order valence-electron chi connectivity index (χ1n) is 7.94. The summed E-state index contributed by atoms with van der Waals surface area (Å²) >= 11 is 0. The van der Waals surface area contributed by atoms with Crippen molar-refractivity contribution in [1.29, 1.82) is 0 Å². The van der Waals surface area contributed by atoms with E-state index in [9.17, 15) is 5.11 Å². The molecular formula is C19H21NO2. The predicted octanol–water partition coefficient (Wildman–Crippen LogP) is 2.51. The van der Waals surface area contributed by atoms with Crippen LogP contribution in [-0.2, 0) is 15.9 Å². The normalized spacial score (nSPS) is 31.9. The van der Waals surface area contributed by atoms with Gasteiger partial charge in [0.1, 0.15) is 5.60 Å². The molecule has 0 spiro atoms. The summed E-state index contributed by atoms with van der Waals surface area (Å²) in [6.07, 6.45) is 0.744. The Hall–Kier alpha value is -1.68. The first-order valence-corrected chi connectivity index (χ1v) is 7.94. The number of aliphatic hydroxyl groups is 1. The van der Waals surface area contributed by atoms with Gasteiger partial charge < -0.3 is 9.84 Å². The molecule has 2 aromatic carbocycles. The van der Waals surface area contributed by atoms with Gasteiger partial charge in [0, 0.05) is 19.5 Å². The average Bonchev–Trinajstić information content (AvgIpc) is 3.26. The number of nitrogens with zero attached hydrogens (tertiary/aromatic N) is 1. The van der Waals surface area contributed by atoms with E-state index in [0.29, 0.717) is 0 Å². The van der Waals surface area contributed by atoms with Crippen molar-refractivity contribution < 1.29 is 9.84 Å². The van der Waals surface area contributed by atoms with Crippen LogP contribution in [-0.4, -0.2) is 36.3 Å². The monoisotopic (exact) mass is 295 g/mol. The van der Waals surface area contributed by atoms with Gasteiger partial charge >= 0.3 is 0 Å². The molecule has 0 bridgehead atoms. The minimum atomic E-state index is -0.813. The van der Waals surface area contributed by atoms with E-state index in [-0.39, 0.29) is 5.54 Å². The van der Waals surface area contributed by atoms with Crippen LogP contribution in [0.4, 0.5) is 0 Å². The van der Waals surface area contributed by atoms with E-state index in [1.54, 1.807) is 0 Å². The lowest BCUT2D eigenvalue weighted by Crippen LogP contribution is -2.47. The van der Waals surface area contributed by atoms with Gasteiger partial charge in [-0.15, -0.1) is 0 Å². The van der Waals surface area contributed by atoms with Crippen molar-refractivity contribution in [2.24, 2.45) is 0 Å². The summed E-state index contributed by atoms with van der Waals surface area (Å²) in [6.45, 7) is 3.20. The van der Waals surface area contributed by atoms with Gasteiger partial charge in [0.2, 0.25) is 0 Å². The summed E-state index contributed by atoms with van der Waals surface area (Å²) in [5, 5.41) is 11.4. The quantitative estimate of drug-likeness (QED) is 0.944. The van der Waals surface area contributed by atoms with Crippen LogP contribution >= 0.6 is 0 Å². The van der Waals surface area contributed by atoms with Crippen LogP contribution in [0.1, 0.15) is 17.5 Å². The Kier molecular flexibility index (Phi) is 3.30. The topological polar surface area (TPSA) is 32.7 Å². The molecule has 1 aliphatic carbocycles. The van der Waals surface area contributed by atoms with Crippen molar-refractivity contribution in [3.63, 3.8) is 0 Å². The van der Waals surface area contributed by atoms with Gasteiger partial charge in [0.05, 0.1) is 18.8 Å². The van der Waals surface area contributed by atoms with E-state index in [4.69, 9.17) is 4.74 Å². The molecule has 0 unspecified atom stereocenters. The lowest BCUT2D eigenvalue weighted by atomic mass is 9.94. The SMILES string of the molecule is O[C@@]1(c2ccccc2)C[C@]1(c1ccccc1)N1CCOCC1. The number of morpholine rings is 1. The maximum absolute atomic E-state index is 11.4. The molecule has 1 heterocycles. The lowest BCUT2D eigenvalue weighted by molar-refractivity contribution is -0.0255. The van der Waals surface area contributed by atoms with Crippen molar-refractivity contribution >= 4 is 0 Å². The summed E-state index contributed by atoms with van der Waals surface area (Å²) in [5.41, 5.74) is 1.07. The third kappa shape index (κ3) is 1.93. The van der Waals surface area contributed by atoms with Crippen LogP contribution in [0.3, 0.4) is 0 Å². The first-order chi connectivity index (χ1) is 10.8. The molecule has 1 aliphatic heterocycles. The number of ether oxygens (including phenoxy) is 1.